The molecule has 1 saturated heterocycles. The molecule has 3 heterocycles. The molecule has 0 spiro atoms. The van der Waals surface area contributed by atoms with Crippen LogP contribution in [0.3, 0.4) is 0 Å². The summed E-state index contributed by atoms with van der Waals surface area (Å²) in [5.74, 6) is -0.401. The minimum Gasteiger partial charge on any atom is -0.349 e. The SMILES string of the molecule is O=C(c1cc2nc(Cl)ccc2[nH]1)N1CCC(c2ccccc2C(F)(F)F)CC1. The summed E-state index contributed by atoms with van der Waals surface area (Å²) in [4.78, 5) is 21.6. The highest BCUT2D eigenvalue weighted by Crippen LogP contribution is 2.38. The average Bonchev–Trinajstić information content (AvgIpc) is 3.10. The fourth-order valence-corrected chi connectivity index (χ4v) is 3.93. The summed E-state index contributed by atoms with van der Waals surface area (Å²) >= 11 is 5.87. The molecule has 4 rings (SSSR count). The summed E-state index contributed by atoms with van der Waals surface area (Å²) < 4.78 is 39.8. The molecule has 0 unspecified atom stereocenters. The Bertz CT molecular complexity index is 1020. The van der Waals surface area contributed by atoms with Crippen molar-refractivity contribution in [3.05, 3.63) is 64.4 Å². The summed E-state index contributed by atoms with van der Waals surface area (Å²) in [6.45, 7) is 0.804. The molecule has 146 valence electrons. The number of nitrogens with zero attached hydrogens (tertiary/aromatic N) is 2. The number of aromatic amines is 1. The van der Waals surface area contributed by atoms with E-state index in [0.29, 0.717) is 53.4 Å². The van der Waals surface area contributed by atoms with Gasteiger partial charge in [-0.25, -0.2) is 4.98 Å². The highest BCUT2D eigenvalue weighted by Gasteiger charge is 2.36. The zero-order valence-corrected chi connectivity index (χ0v) is 15.5. The Kier molecular flexibility index (Phi) is 4.79. The minimum atomic E-state index is -4.37. The van der Waals surface area contributed by atoms with Crippen molar-refractivity contribution < 1.29 is 18.0 Å². The molecule has 1 aromatic carbocycles. The Morgan fingerprint density at radius 3 is 2.57 bits per heavy atom. The van der Waals surface area contributed by atoms with Crippen LogP contribution in [0.2, 0.25) is 5.15 Å². The van der Waals surface area contributed by atoms with Crippen LogP contribution in [0.15, 0.2) is 42.5 Å². The van der Waals surface area contributed by atoms with E-state index in [9.17, 15) is 18.0 Å². The van der Waals surface area contributed by atoms with Crippen molar-refractivity contribution in [1.29, 1.82) is 0 Å². The van der Waals surface area contributed by atoms with E-state index in [2.05, 4.69) is 9.97 Å². The lowest BCUT2D eigenvalue weighted by atomic mass is 9.86. The van der Waals surface area contributed by atoms with E-state index >= 15 is 0 Å². The van der Waals surface area contributed by atoms with Crippen molar-refractivity contribution >= 4 is 28.5 Å². The number of carbonyl (C=O) groups is 1. The van der Waals surface area contributed by atoms with Crippen molar-refractivity contribution in [2.45, 2.75) is 24.9 Å². The van der Waals surface area contributed by atoms with Gasteiger partial charge >= 0.3 is 6.18 Å². The number of piperidine rings is 1. The van der Waals surface area contributed by atoms with E-state index in [4.69, 9.17) is 11.6 Å². The van der Waals surface area contributed by atoms with Gasteiger partial charge in [-0.05, 0) is 48.6 Å². The zero-order valence-electron chi connectivity index (χ0n) is 14.8. The van der Waals surface area contributed by atoms with Crippen molar-refractivity contribution in [1.82, 2.24) is 14.9 Å². The maximum atomic E-state index is 13.3. The molecule has 8 heteroatoms. The first-order chi connectivity index (χ1) is 13.3. The Balaban J connectivity index is 1.49. The monoisotopic (exact) mass is 407 g/mol. The third-order valence-electron chi connectivity index (χ3n) is 5.16. The van der Waals surface area contributed by atoms with E-state index in [1.807, 2.05) is 0 Å². The zero-order chi connectivity index (χ0) is 19.9. The number of likely N-dealkylation sites (tertiary alicyclic amines) is 1. The molecule has 28 heavy (non-hydrogen) atoms. The number of pyridine rings is 1. The molecular formula is C20H17ClF3N3O. The molecule has 1 fully saturated rings. The van der Waals surface area contributed by atoms with Crippen LogP contribution in [0.5, 0.6) is 0 Å². The Morgan fingerprint density at radius 2 is 1.86 bits per heavy atom. The van der Waals surface area contributed by atoms with Gasteiger partial charge in [-0.15, -0.1) is 0 Å². The van der Waals surface area contributed by atoms with Crippen LogP contribution in [0, 0.1) is 0 Å². The van der Waals surface area contributed by atoms with Crippen LogP contribution < -0.4 is 0 Å². The van der Waals surface area contributed by atoms with Crippen LogP contribution in [0.25, 0.3) is 11.0 Å². The summed E-state index contributed by atoms with van der Waals surface area (Å²) in [6, 6.07) is 10.7. The average molecular weight is 408 g/mol. The standard InChI is InChI=1S/C20H17ClF3N3O/c21-18-6-5-15-16(26-18)11-17(25-15)19(28)27-9-7-12(8-10-27)13-3-1-2-4-14(13)20(22,23)24/h1-6,11-12,25H,7-10H2. The highest BCUT2D eigenvalue weighted by molar-refractivity contribution is 6.29. The van der Waals surface area contributed by atoms with Gasteiger partial charge < -0.3 is 9.88 Å². The van der Waals surface area contributed by atoms with E-state index in [0.717, 1.165) is 6.07 Å². The first-order valence-electron chi connectivity index (χ1n) is 8.93. The molecule has 1 aliphatic rings. The second-order valence-corrected chi connectivity index (χ2v) is 7.29. The van der Waals surface area contributed by atoms with Gasteiger partial charge in [0.15, 0.2) is 0 Å². The maximum absolute atomic E-state index is 13.3. The van der Waals surface area contributed by atoms with Gasteiger partial charge in [0.25, 0.3) is 5.91 Å². The first-order valence-corrected chi connectivity index (χ1v) is 9.31. The third-order valence-corrected chi connectivity index (χ3v) is 5.37. The smallest absolute Gasteiger partial charge is 0.349 e. The van der Waals surface area contributed by atoms with Crippen LogP contribution in [0.1, 0.15) is 40.4 Å². The van der Waals surface area contributed by atoms with Gasteiger partial charge in [0.05, 0.1) is 16.6 Å². The number of fused-ring (bicyclic) bond motifs is 1. The second-order valence-electron chi connectivity index (χ2n) is 6.90. The number of nitrogens with one attached hydrogen (secondary N) is 1. The van der Waals surface area contributed by atoms with Crippen LogP contribution in [-0.4, -0.2) is 33.9 Å². The molecule has 0 saturated carbocycles. The lowest BCUT2D eigenvalue weighted by Gasteiger charge is -2.33. The van der Waals surface area contributed by atoms with E-state index in [-0.39, 0.29) is 11.8 Å². The van der Waals surface area contributed by atoms with E-state index in [1.165, 1.54) is 12.1 Å². The number of hydrogen-bond acceptors (Lipinski definition) is 2. The maximum Gasteiger partial charge on any atom is 0.416 e. The van der Waals surface area contributed by atoms with Gasteiger partial charge in [0, 0.05) is 13.1 Å². The molecule has 1 aliphatic heterocycles. The molecular weight excluding hydrogens is 391 g/mol. The van der Waals surface area contributed by atoms with Gasteiger partial charge in [-0.1, -0.05) is 29.8 Å². The number of rotatable bonds is 2. The van der Waals surface area contributed by atoms with Crippen molar-refractivity contribution in [3.8, 4) is 0 Å². The van der Waals surface area contributed by atoms with Gasteiger partial charge in [0.1, 0.15) is 10.8 Å². The molecule has 2 aromatic heterocycles. The number of aromatic nitrogens is 2. The normalized spacial score (nSPS) is 15.9. The Morgan fingerprint density at radius 1 is 1.14 bits per heavy atom. The lowest BCUT2D eigenvalue weighted by Crippen LogP contribution is -2.38. The van der Waals surface area contributed by atoms with Crippen molar-refractivity contribution in [2.75, 3.05) is 13.1 Å². The van der Waals surface area contributed by atoms with Crippen LogP contribution >= 0.6 is 11.6 Å². The topological polar surface area (TPSA) is 49.0 Å². The fourth-order valence-electron chi connectivity index (χ4n) is 3.77. The molecule has 1 amide bonds. The largest absolute Gasteiger partial charge is 0.416 e. The Hall–Kier alpha value is -2.54. The fraction of sp³-hybridized carbons (Fsp3) is 0.300. The molecule has 4 nitrogen and oxygen atoms in total. The number of H-pyrrole nitrogens is 1. The number of halogens is 4. The number of alkyl halides is 3. The Labute approximate surface area is 164 Å². The van der Waals surface area contributed by atoms with Crippen molar-refractivity contribution in [3.63, 3.8) is 0 Å². The number of hydrogen-bond donors (Lipinski definition) is 1. The number of carbonyl (C=O) groups excluding carboxylic acids is 1. The quantitative estimate of drug-likeness (QED) is 0.589. The van der Waals surface area contributed by atoms with Crippen LogP contribution in [0.4, 0.5) is 13.2 Å². The summed E-state index contributed by atoms with van der Waals surface area (Å²) in [5, 5.41) is 0.342. The highest BCUT2D eigenvalue weighted by atomic mass is 35.5. The number of amides is 1. The van der Waals surface area contributed by atoms with Gasteiger partial charge in [-0.2, -0.15) is 13.2 Å². The van der Waals surface area contributed by atoms with Gasteiger partial charge in [0.2, 0.25) is 0 Å². The molecule has 0 radical (unpaired) electrons. The first kappa shape index (κ1) is 18.8. The van der Waals surface area contributed by atoms with Crippen LogP contribution in [-0.2, 0) is 6.18 Å². The summed E-state index contributed by atoms with van der Waals surface area (Å²) in [6.07, 6.45) is -3.39. The summed E-state index contributed by atoms with van der Waals surface area (Å²) in [7, 11) is 0. The predicted octanol–water partition coefficient (Wildman–Crippen LogP) is 5.25. The molecule has 3 aromatic rings. The molecule has 0 aliphatic carbocycles. The second kappa shape index (κ2) is 7.13. The van der Waals surface area contributed by atoms with Gasteiger partial charge in [-0.3, -0.25) is 4.79 Å². The number of benzene rings is 1. The third kappa shape index (κ3) is 3.58. The van der Waals surface area contributed by atoms with E-state index in [1.54, 1.807) is 29.2 Å². The van der Waals surface area contributed by atoms with Crippen molar-refractivity contribution in [2.24, 2.45) is 0 Å². The molecule has 0 bridgehead atoms. The predicted molar refractivity (Wildman–Crippen MR) is 100 cm³/mol. The lowest BCUT2D eigenvalue weighted by molar-refractivity contribution is -0.138. The minimum absolute atomic E-state index is 0.184. The molecule has 1 N–H and O–H groups in total. The van der Waals surface area contributed by atoms with E-state index < -0.39 is 11.7 Å². The molecule has 0 atom stereocenters. The summed E-state index contributed by atoms with van der Waals surface area (Å²) in [5.41, 5.74) is 1.44.